The summed E-state index contributed by atoms with van der Waals surface area (Å²) in [5.41, 5.74) is 1.16. The van der Waals surface area contributed by atoms with Crippen LogP contribution in [0.15, 0.2) is 48.5 Å². The van der Waals surface area contributed by atoms with Gasteiger partial charge in [0.25, 0.3) is 0 Å². The van der Waals surface area contributed by atoms with Gasteiger partial charge in [-0.25, -0.2) is 0 Å². The van der Waals surface area contributed by atoms with E-state index < -0.39 is 11.8 Å². The summed E-state index contributed by atoms with van der Waals surface area (Å²) in [5.74, 6) is -0.175. The van der Waals surface area contributed by atoms with E-state index in [9.17, 15) is 9.59 Å². The lowest BCUT2D eigenvalue weighted by Gasteiger charge is -2.08. The van der Waals surface area contributed by atoms with Crippen molar-refractivity contribution in [2.75, 3.05) is 17.7 Å². The predicted molar refractivity (Wildman–Crippen MR) is 86.3 cm³/mol. The highest BCUT2D eigenvalue weighted by Crippen LogP contribution is 2.17. The number of hydrogen-bond acceptors (Lipinski definition) is 3. The van der Waals surface area contributed by atoms with Crippen LogP contribution in [0, 0.1) is 0 Å². The first kappa shape index (κ1) is 15.9. The maximum Gasteiger partial charge on any atom is 0.233 e. The van der Waals surface area contributed by atoms with Gasteiger partial charge in [-0.3, -0.25) is 9.59 Å². The van der Waals surface area contributed by atoms with Crippen LogP contribution < -0.4 is 15.4 Å². The molecule has 0 aromatic heterocycles. The lowest BCUT2D eigenvalue weighted by atomic mass is 10.2. The zero-order chi connectivity index (χ0) is 15.9. The summed E-state index contributed by atoms with van der Waals surface area (Å²) in [7, 11) is 1.54. The van der Waals surface area contributed by atoms with E-state index in [2.05, 4.69) is 10.6 Å². The van der Waals surface area contributed by atoms with Crippen molar-refractivity contribution >= 4 is 34.8 Å². The van der Waals surface area contributed by atoms with Crippen LogP contribution in [0.4, 0.5) is 11.4 Å². The first-order chi connectivity index (χ1) is 10.6. The van der Waals surface area contributed by atoms with Crippen molar-refractivity contribution in [3.63, 3.8) is 0 Å². The van der Waals surface area contributed by atoms with Gasteiger partial charge < -0.3 is 15.4 Å². The molecule has 2 amide bonds. The Hall–Kier alpha value is -2.53. The highest BCUT2D eigenvalue weighted by atomic mass is 35.5. The fourth-order valence-corrected chi connectivity index (χ4v) is 1.92. The molecule has 22 heavy (non-hydrogen) atoms. The van der Waals surface area contributed by atoms with Crippen molar-refractivity contribution in [1.82, 2.24) is 0 Å². The van der Waals surface area contributed by atoms with Gasteiger partial charge in [-0.05, 0) is 36.4 Å². The lowest BCUT2D eigenvalue weighted by Crippen LogP contribution is -2.21. The number of nitrogens with one attached hydrogen (secondary N) is 2. The Bertz CT molecular complexity index is 671. The smallest absolute Gasteiger partial charge is 0.233 e. The molecule has 5 nitrogen and oxygen atoms in total. The van der Waals surface area contributed by atoms with Gasteiger partial charge in [0.2, 0.25) is 11.8 Å². The number of carbonyl (C=O) groups is 2. The standard InChI is InChI=1S/C16H15ClN2O3/c1-22-14-4-2-3-13(9-14)19-16(21)10-15(20)18-12-7-5-11(17)6-8-12/h2-9H,10H2,1H3,(H,18,20)(H,19,21). The first-order valence-electron chi connectivity index (χ1n) is 6.56. The van der Waals surface area contributed by atoms with Crippen molar-refractivity contribution in [2.45, 2.75) is 6.42 Å². The third kappa shape index (κ3) is 4.79. The Labute approximate surface area is 133 Å². The molecule has 0 radical (unpaired) electrons. The highest BCUT2D eigenvalue weighted by molar-refractivity contribution is 6.30. The summed E-state index contributed by atoms with van der Waals surface area (Å²) >= 11 is 5.76. The maximum atomic E-state index is 11.8. The molecule has 0 unspecified atom stereocenters. The number of amides is 2. The summed E-state index contributed by atoms with van der Waals surface area (Å²) < 4.78 is 5.06. The van der Waals surface area contributed by atoms with Crippen LogP contribution in [0.25, 0.3) is 0 Å². The number of benzene rings is 2. The number of carbonyl (C=O) groups excluding carboxylic acids is 2. The summed E-state index contributed by atoms with van der Waals surface area (Å²) in [5, 5.41) is 5.84. The van der Waals surface area contributed by atoms with Crippen LogP contribution in [-0.4, -0.2) is 18.9 Å². The summed E-state index contributed by atoms with van der Waals surface area (Å²) in [6.45, 7) is 0. The number of ether oxygens (including phenoxy) is 1. The highest BCUT2D eigenvalue weighted by Gasteiger charge is 2.10. The molecule has 114 valence electrons. The minimum atomic E-state index is -0.403. The minimum Gasteiger partial charge on any atom is -0.497 e. The van der Waals surface area contributed by atoms with Crippen molar-refractivity contribution in [1.29, 1.82) is 0 Å². The lowest BCUT2D eigenvalue weighted by molar-refractivity contribution is -0.123. The third-order valence-corrected chi connectivity index (χ3v) is 3.05. The molecule has 0 heterocycles. The molecule has 2 N–H and O–H groups in total. The van der Waals surface area contributed by atoms with E-state index >= 15 is 0 Å². The van der Waals surface area contributed by atoms with Crippen molar-refractivity contribution in [3.05, 3.63) is 53.6 Å². The van der Waals surface area contributed by atoms with E-state index in [0.29, 0.717) is 22.1 Å². The van der Waals surface area contributed by atoms with Gasteiger partial charge in [0, 0.05) is 22.5 Å². The van der Waals surface area contributed by atoms with Crippen LogP contribution in [0.2, 0.25) is 5.02 Å². The molecule has 2 aromatic rings. The van der Waals surface area contributed by atoms with E-state index in [0.717, 1.165) is 0 Å². The molecule has 6 heteroatoms. The van der Waals surface area contributed by atoms with Crippen molar-refractivity contribution < 1.29 is 14.3 Å². The molecule has 2 aromatic carbocycles. The maximum absolute atomic E-state index is 11.8. The second kappa shape index (κ2) is 7.47. The van der Waals surface area contributed by atoms with Gasteiger partial charge in [0.1, 0.15) is 12.2 Å². The molecule has 0 aliphatic heterocycles. The monoisotopic (exact) mass is 318 g/mol. The summed E-state index contributed by atoms with van der Waals surface area (Å²) in [6, 6.07) is 13.6. The van der Waals surface area contributed by atoms with Gasteiger partial charge >= 0.3 is 0 Å². The second-order valence-corrected chi connectivity index (χ2v) is 4.95. The molecule has 0 bridgehead atoms. The number of methoxy groups -OCH3 is 1. The fraction of sp³-hybridized carbons (Fsp3) is 0.125. The van der Waals surface area contributed by atoms with Gasteiger partial charge in [-0.1, -0.05) is 17.7 Å². The van der Waals surface area contributed by atoms with E-state index in [4.69, 9.17) is 16.3 Å². The Balaban J connectivity index is 1.88. The van der Waals surface area contributed by atoms with Crippen LogP contribution in [0.5, 0.6) is 5.75 Å². The van der Waals surface area contributed by atoms with Gasteiger partial charge in [-0.15, -0.1) is 0 Å². The van der Waals surface area contributed by atoms with Crippen LogP contribution >= 0.6 is 11.6 Å². The average molecular weight is 319 g/mol. The summed E-state index contributed by atoms with van der Waals surface area (Å²) in [6.07, 6.45) is -0.278. The normalized spacial score (nSPS) is 9.91. The Kier molecular flexibility index (Phi) is 5.38. The number of hydrogen-bond donors (Lipinski definition) is 2. The Morgan fingerprint density at radius 2 is 1.64 bits per heavy atom. The summed E-state index contributed by atoms with van der Waals surface area (Å²) in [4.78, 5) is 23.6. The quantitative estimate of drug-likeness (QED) is 0.831. The molecular weight excluding hydrogens is 304 g/mol. The topological polar surface area (TPSA) is 67.4 Å². The first-order valence-corrected chi connectivity index (χ1v) is 6.94. The molecule has 0 atom stereocenters. The zero-order valence-corrected chi connectivity index (χ0v) is 12.7. The SMILES string of the molecule is COc1cccc(NC(=O)CC(=O)Nc2ccc(Cl)cc2)c1. The number of anilines is 2. The molecule has 0 aliphatic carbocycles. The van der Waals surface area contributed by atoms with Crippen LogP contribution in [0.3, 0.4) is 0 Å². The molecule has 2 rings (SSSR count). The number of rotatable bonds is 5. The second-order valence-electron chi connectivity index (χ2n) is 4.51. The zero-order valence-electron chi connectivity index (χ0n) is 11.9. The van der Waals surface area contributed by atoms with E-state index in [1.807, 2.05) is 0 Å². The van der Waals surface area contributed by atoms with Gasteiger partial charge in [-0.2, -0.15) is 0 Å². The van der Waals surface area contributed by atoms with E-state index in [-0.39, 0.29) is 6.42 Å². The van der Waals surface area contributed by atoms with E-state index in [1.165, 1.54) is 0 Å². The molecule has 0 fully saturated rings. The Morgan fingerprint density at radius 3 is 2.27 bits per heavy atom. The number of halogens is 1. The fourth-order valence-electron chi connectivity index (χ4n) is 1.79. The van der Waals surface area contributed by atoms with Crippen molar-refractivity contribution in [3.8, 4) is 5.75 Å². The van der Waals surface area contributed by atoms with Gasteiger partial charge in [0.05, 0.1) is 7.11 Å². The largest absolute Gasteiger partial charge is 0.497 e. The Morgan fingerprint density at radius 1 is 1.00 bits per heavy atom. The van der Waals surface area contributed by atoms with Crippen LogP contribution in [0.1, 0.15) is 6.42 Å². The predicted octanol–water partition coefficient (Wildman–Crippen LogP) is 3.32. The van der Waals surface area contributed by atoms with Gasteiger partial charge in [0.15, 0.2) is 0 Å². The minimum absolute atomic E-state index is 0.278. The van der Waals surface area contributed by atoms with E-state index in [1.54, 1.807) is 55.6 Å². The molecular formula is C16H15ClN2O3. The van der Waals surface area contributed by atoms with Crippen molar-refractivity contribution in [2.24, 2.45) is 0 Å². The van der Waals surface area contributed by atoms with Crippen LogP contribution in [-0.2, 0) is 9.59 Å². The third-order valence-electron chi connectivity index (χ3n) is 2.80. The molecule has 0 aliphatic rings. The average Bonchev–Trinajstić information content (AvgIpc) is 2.49. The molecule has 0 saturated heterocycles. The molecule has 0 spiro atoms. The molecule has 0 saturated carbocycles.